The van der Waals surface area contributed by atoms with Gasteiger partial charge in [-0.05, 0) is 43.7 Å². The SMILES string of the molecule is COc1c(C)cc(C(F)(F)CCN)cc1C. The average Bonchev–Trinajstić information content (AvgIpc) is 2.17. The predicted octanol–water partition coefficient (Wildman–Crippen LogP) is 2.75. The Labute approximate surface area is 94.4 Å². The molecule has 0 aliphatic rings. The highest BCUT2D eigenvalue weighted by Crippen LogP contribution is 2.35. The van der Waals surface area contributed by atoms with E-state index in [1.807, 2.05) is 0 Å². The third-order valence-corrected chi connectivity index (χ3v) is 2.55. The largest absolute Gasteiger partial charge is 0.496 e. The molecule has 0 spiro atoms. The molecule has 0 aromatic heterocycles. The molecule has 4 heteroatoms. The average molecular weight is 229 g/mol. The highest BCUT2D eigenvalue weighted by molar-refractivity contribution is 5.44. The van der Waals surface area contributed by atoms with E-state index in [2.05, 4.69) is 0 Å². The molecule has 0 atom stereocenters. The maximum atomic E-state index is 13.6. The summed E-state index contributed by atoms with van der Waals surface area (Å²) in [5, 5.41) is 0. The molecule has 0 fully saturated rings. The van der Waals surface area contributed by atoms with Gasteiger partial charge in [0.15, 0.2) is 0 Å². The van der Waals surface area contributed by atoms with Crippen LogP contribution in [0.25, 0.3) is 0 Å². The molecule has 90 valence electrons. The van der Waals surface area contributed by atoms with Gasteiger partial charge in [0.1, 0.15) is 5.75 Å². The fraction of sp³-hybridized carbons (Fsp3) is 0.500. The number of hydrogen-bond acceptors (Lipinski definition) is 2. The number of methoxy groups -OCH3 is 1. The molecule has 0 unspecified atom stereocenters. The molecule has 2 N–H and O–H groups in total. The highest BCUT2D eigenvalue weighted by Gasteiger charge is 2.31. The minimum Gasteiger partial charge on any atom is -0.496 e. The molecule has 0 saturated heterocycles. The Morgan fingerprint density at radius 2 is 1.75 bits per heavy atom. The first-order valence-corrected chi connectivity index (χ1v) is 5.16. The van der Waals surface area contributed by atoms with Crippen LogP contribution < -0.4 is 10.5 Å². The predicted molar refractivity (Wildman–Crippen MR) is 60.0 cm³/mol. The van der Waals surface area contributed by atoms with Gasteiger partial charge in [0.25, 0.3) is 5.92 Å². The van der Waals surface area contributed by atoms with E-state index in [9.17, 15) is 8.78 Å². The van der Waals surface area contributed by atoms with Crippen LogP contribution in [-0.2, 0) is 5.92 Å². The Bertz CT molecular complexity index is 354. The van der Waals surface area contributed by atoms with Crippen molar-refractivity contribution in [3.05, 3.63) is 28.8 Å². The molecule has 2 nitrogen and oxygen atoms in total. The van der Waals surface area contributed by atoms with Crippen LogP contribution in [0.5, 0.6) is 5.75 Å². The second-order valence-corrected chi connectivity index (χ2v) is 3.89. The molecular weight excluding hydrogens is 212 g/mol. The van der Waals surface area contributed by atoms with Crippen LogP contribution in [0.3, 0.4) is 0 Å². The molecule has 1 rings (SSSR count). The van der Waals surface area contributed by atoms with Crippen molar-refractivity contribution in [2.45, 2.75) is 26.2 Å². The topological polar surface area (TPSA) is 35.2 Å². The zero-order chi connectivity index (χ0) is 12.3. The van der Waals surface area contributed by atoms with Crippen molar-refractivity contribution < 1.29 is 13.5 Å². The lowest BCUT2D eigenvalue weighted by molar-refractivity contribution is -0.0108. The van der Waals surface area contributed by atoms with Gasteiger partial charge in [0.05, 0.1) is 7.11 Å². The van der Waals surface area contributed by atoms with Gasteiger partial charge in [-0.25, -0.2) is 8.78 Å². The number of ether oxygens (including phenoxy) is 1. The van der Waals surface area contributed by atoms with Crippen LogP contribution in [0.4, 0.5) is 8.78 Å². The van der Waals surface area contributed by atoms with Crippen LogP contribution in [0, 0.1) is 13.8 Å². The van der Waals surface area contributed by atoms with E-state index in [-0.39, 0.29) is 18.5 Å². The van der Waals surface area contributed by atoms with Crippen molar-refractivity contribution in [3.63, 3.8) is 0 Å². The van der Waals surface area contributed by atoms with E-state index in [1.54, 1.807) is 13.8 Å². The second-order valence-electron chi connectivity index (χ2n) is 3.89. The van der Waals surface area contributed by atoms with Crippen LogP contribution >= 0.6 is 0 Å². The van der Waals surface area contributed by atoms with Gasteiger partial charge >= 0.3 is 0 Å². The number of alkyl halides is 2. The number of nitrogens with two attached hydrogens (primary N) is 1. The first-order valence-electron chi connectivity index (χ1n) is 5.16. The van der Waals surface area contributed by atoms with Gasteiger partial charge in [0.2, 0.25) is 0 Å². The van der Waals surface area contributed by atoms with E-state index in [1.165, 1.54) is 19.2 Å². The number of hydrogen-bond donors (Lipinski definition) is 1. The minimum atomic E-state index is -2.86. The van der Waals surface area contributed by atoms with Gasteiger partial charge in [0, 0.05) is 12.0 Å². The standard InChI is InChI=1S/C12H17F2NO/c1-8-6-10(12(13,14)4-5-15)7-9(2)11(8)16-3/h6-7H,4-5,15H2,1-3H3. The van der Waals surface area contributed by atoms with Crippen molar-refractivity contribution in [1.29, 1.82) is 0 Å². The molecule has 0 saturated carbocycles. The summed E-state index contributed by atoms with van der Waals surface area (Å²) in [4.78, 5) is 0. The monoisotopic (exact) mass is 229 g/mol. The highest BCUT2D eigenvalue weighted by atomic mass is 19.3. The number of rotatable bonds is 4. The zero-order valence-electron chi connectivity index (χ0n) is 9.81. The molecule has 16 heavy (non-hydrogen) atoms. The third-order valence-electron chi connectivity index (χ3n) is 2.55. The van der Waals surface area contributed by atoms with Crippen molar-refractivity contribution >= 4 is 0 Å². The summed E-state index contributed by atoms with van der Waals surface area (Å²) in [5.41, 5.74) is 6.62. The first-order chi connectivity index (χ1) is 7.42. The smallest absolute Gasteiger partial charge is 0.274 e. The molecular formula is C12H17F2NO. The summed E-state index contributed by atoms with van der Waals surface area (Å²) < 4.78 is 32.4. The number of benzene rings is 1. The molecule has 0 amide bonds. The molecule has 0 bridgehead atoms. The third kappa shape index (κ3) is 2.50. The fourth-order valence-corrected chi connectivity index (χ4v) is 1.81. The second kappa shape index (κ2) is 4.78. The van der Waals surface area contributed by atoms with Gasteiger partial charge in [-0.3, -0.25) is 0 Å². The number of halogens is 2. The van der Waals surface area contributed by atoms with Crippen molar-refractivity contribution in [2.75, 3.05) is 13.7 Å². The van der Waals surface area contributed by atoms with Crippen LogP contribution in [0.2, 0.25) is 0 Å². The Morgan fingerprint density at radius 3 is 2.12 bits per heavy atom. The van der Waals surface area contributed by atoms with Gasteiger partial charge in [-0.2, -0.15) is 0 Å². The quantitative estimate of drug-likeness (QED) is 0.861. The molecule has 0 radical (unpaired) electrons. The van der Waals surface area contributed by atoms with Gasteiger partial charge in [-0.15, -0.1) is 0 Å². The van der Waals surface area contributed by atoms with E-state index < -0.39 is 5.92 Å². The van der Waals surface area contributed by atoms with Crippen molar-refractivity contribution in [1.82, 2.24) is 0 Å². The maximum absolute atomic E-state index is 13.6. The van der Waals surface area contributed by atoms with E-state index in [0.29, 0.717) is 16.9 Å². The Morgan fingerprint density at radius 1 is 1.25 bits per heavy atom. The zero-order valence-corrected chi connectivity index (χ0v) is 9.81. The van der Waals surface area contributed by atoms with E-state index in [0.717, 1.165) is 0 Å². The molecule has 0 aliphatic carbocycles. The normalized spacial score (nSPS) is 11.6. The Balaban J connectivity index is 3.17. The van der Waals surface area contributed by atoms with E-state index in [4.69, 9.17) is 10.5 Å². The molecule has 0 aliphatic heterocycles. The summed E-state index contributed by atoms with van der Waals surface area (Å²) in [7, 11) is 1.53. The van der Waals surface area contributed by atoms with E-state index >= 15 is 0 Å². The maximum Gasteiger partial charge on any atom is 0.274 e. The van der Waals surface area contributed by atoms with Crippen LogP contribution in [-0.4, -0.2) is 13.7 Å². The lowest BCUT2D eigenvalue weighted by Crippen LogP contribution is -2.19. The Hall–Kier alpha value is -1.16. The van der Waals surface area contributed by atoms with Crippen molar-refractivity contribution in [2.24, 2.45) is 5.73 Å². The van der Waals surface area contributed by atoms with Crippen LogP contribution in [0.15, 0.2) is 12.1 Å². The van der Waals surface area contributed by atoms with Crippen molar-refractivity contribution in [3.8, 4) is 5.75 Å². The lowest BCUT2D eigenvalue weighted by Gasteiger charge is -2.18. The lowest BCUT2D eigenvalue weighted by atomic mass is 9.99. The van der Waals surface area contributed by atoms with Crippen LogP contribution in [0.1, 0.15) is 23.1 Å². The fourth-order valence-electron chi connectivity index (χ4n) is 1.81. The Kier molecular flexibility index (Phi) is 3.86. The molecule has 1 aromatic rings. The van der Waals surface area contributed by atoms with Gasteiger partial charge < -0.3 is 10.5 Å². The first kappa shape index (κ1) is 12.9. The minimum absolute atomic E-state index is 0.00810. The molecule has 1 aromatic carbocycles. The number of aryl methyl sites for hydroxylation is 2. The molecule has 0 heterocycles. The summed E-state index contributed by atoms with van der Waals surface area (Å²) in [6.07, 6.45) is -0.335. The summed E-state index contributed by atoms with van der Waals surface area (Å²) in [6, 6.07) is 2.92. The van der Waals surface area contributed by atoms with Gasteiger partial charge in [-0.1, -0.05) is 0 Å². The summed E-state index contributed by atoms with van der Waals surface area (Å²) >= 11 is 0. The summed E-state index contributed by atoms with van der Waals surface area (Å²) in [5.74, 6) is -2.21. The summed E-state index contributed by atoms with van der Waals surface area (Å²) in [6.45, 7) is 3.48.